The summed E-state index contributed by atoms with van der Waals surface area (Å²) in [6.07, 6.45) is 5.47. The van der Waals surface area contributed by atoms with Crippen molar-refractivity contribution in [2.45, 2.75) is 32.8 Å². The highest BCUT2D eigenvalue weighted by atomic mass is 35.5. The fourth-order valence-corrected chi connectivity index (χ4v) is 3.94. The molecule has 1 saturated heterocycles. The molecule has 10 heteroatoms. The van der Waals surface area contributed by atoms with Gasteiger partial charge in [-0.1, -0.05) is 33.5 Å². The van der Waals surface area contributed by atoms with E-state index >= 15 is 0 Å². The summed E-state index contributed by atoms with van der Waals surface area (Å²) in [4.78, 5) is 12.1. The molecule has 0 aliphatic carbocycles. The molecule has 1 aliphatic rings. The lowest BCUT2D eigenvalue weighted by molar-refractivity contribution is 0.301. The van der Waals surface area contributed by atoms with Crippen LogP contribution in [0.1, 0.15) is 41.8 Å². The van der Waals surface area contributed by atoms with Crippen LogP contribution in [0.4, 0.5) is 11.6 Å². The normalized spacial score (nSPS) is 13.7. The highest BCUT2D eigenvalue weighted by molar-refractivity contribution is 7.13. The summed E-state index contributed by atoms with van der Waals surface area (Å²) in [5.41, 5.74) is 14.3. The van der Waals surface area contributed by atoms with Gasteiger partial charge in [0.25, 0.3) is 0 Å². The molecule has 1 unspecified atom stereocenters. The summed E-state index contributed by atoms with van der Waals surface area (Å²) in [6.45, 7) is 4.78. The van der Waals surface area contributed by atoms with Crippen molar-refractivity contribution >= 4 is 38.3 Å². The van der Waals surface area contributed by atoms with Crippen LogP contribution in [-0.4, -0.2) is 38.4 Å². The molecule has 1 fully saturated rings. The van der Waals surface area contributed by atoms with Gasteiger partial charge in [-0.25, -0.2) is 9.97 Å². The lowest BCUT2D eigenvalue weighted by Crippen LogP contribution is -2.18. The number of nitrogens with zero attached hydrogens (tertiary/aromatic N) is 4. The molecule has 0 spiro atoms. The number of hydrogen-bond donors (Lipinski definition) is 3. The maximum absolute atomic E-state index is 8.33. The monoisotopic (exact) mass is 485 g/mol. The maximum Gasteiger partial charge on any atom is 0.138 e. The molecule has 174 valence electrons. The van der Waals surface area contributed by atoms with Crippen molar-refractivity contribution in [2.24, 2.45) is 0 Å². The third-order valence-electron chi connectivity index (χ3n) is 5.09. The number of nitrogens with two attached hydrogens (primary N) is 2. The number of hydrogen-bond acceptors (Lipinski definition) is 8. The first-order valence-electron chi connectivity index (χ1n) is 10.6. The van der Waals surface area contributed by atoms with Crippen molar-refractivity contribution in [1.82, 2.24) is 19.6 Å². The Morgan fingerprint density at radius 2 is 1.82 bits per heavy atom. The molecule has 8 nitrogen and oxygen atoms in total. The Bertz CT molecular complexity index is 1090. The zero-order valence-corrected chi connectivity index (χ0v) is 20.5. The minimum Gasteiger partial charge on any atom is -0.486 e. The van der Waals surface area contributed by atoms with E-state index in [1.807, 2.05) is 25.1 Å². The van der Waals surface area contributed by atoms with Gasteiger partial charge in [-0.15, -0.1) is 0 Å². The zero-order chi connectivity index (χ0) is 23.8. The number of anilines is 2. The van der Waals surface area contributed by atoms with E-state index in [0.29, 0.717) is 22.9 Å². The van der Waals surface area contributed by atoms with E-state index in [1.165, 1.54) is 38.7 Å². The number of aryl methyl sites for hydroxylation is 1. The van der Waals surface area contributed by atoms with Crippen LogP contribution in [0.25, 0.3) is 0 Å². The Morgan fingerprint density at radius 1 is 1.12 bits per heavy atom. The van der Waals surface area contributed by atoms with E-state index in [2.05, 4.69) is 29.0 Å². The van der Waals surface area contributed by atoms with Crippen molar-refractivity contribution in [3.63, 3.8) is 0 Å². The van der Waals surface area contributed by atoms with Crippen LogP contribution in [-0.2, 0) is 6.61 Å². The molecule has 0 bridgehead atoms. The summed E-state index contributed by atoms with van der Waals surface area (Å²) in [6, 6.07) is 10.7. The third kappa shape index (κ3) is 7.09. The number of rotatable bonds is 5. The molecule has 5 N–H and O–H groups in total. The van der Waals surface area contributed by atoms with Gasteiger partial charge in [0, 0.05) is 24.3 Å². The van der Waals surface area contributed by atoms with Gasteiger partial charge < -0.3 is 16.2 Å². The van der Waals surface area contributed by atoms with Gasteiger partial charge in [0.1, 0.15) is 30.3 Å². The molecule has 0 saturated carbocycles. The summed E-state index contributed by atoms with van der Waals surface area (Å²) in [5, 5.41) is 8.70. The first kappa shape index (κ1) is 24.8. The Kier molecular flexibility index (Phi) is 8.95. The van der Waals surface area contributed by atoms with Crippen molar-refractivity contribution in [3.05, 3.63) is 70.3 Å². The first-order chi connectivity index (χ1) is 15.8. The Morgan fingerprint density at radius 3 is 2.39 bits per heavy atom. The average Bonchev–Trinajstić information content (AvgIpc) is 2.79. The second kappa shape index (κ2) is 11.9. The second-order valence-corrected chi connectivity index (χ2v) is 8.83. The zero-order valence-electron chi connectivity index (χ0n) is 18.6. The molecular formula is C23H29ClN7OP. The van der Waals surface area contributed by atoms with E-state index in [9.17, 15) is 0 Å². The molecule has 33 heavy (non-hydrogen) atoms. The van der Waals surface area contributed by atoms with E-state index in [4.69, 9.17) is 33.2 Å². The van der Waals surface area contributed by atoms with Crippen LogP contribution in [0.15, 0.2) is 42.7 Å². The fraction of sp³-hybridized carbons (Fsp3) is 0.304. The number of nitrogen functional groups attached to an aromatic ring is 2. The smallest absolute Gasteiger partial charge is 0.138 e. The Balaban J connectivity index is 0.000000374. The number of ether oxygens (including phenoxy) is 1. The molecule has 3 heterocycles. The van der Waals surface area contributed by atoms with Crippen molar-refractivity contribution < 1.29 is 4.74 Å². The predicted molar refractivity (Wildman–Crippen MR) is 137 cm³/mol. The van der Waals surface area contributed by atoms with Gasteiger partial charge in [-0.2, -0.15) is 0 Å². The van der Waals surface area contributed by atoms with Crippen molar-refractivity contribution in [3.8, 4) is 5.75 Å². The van der Waals surface area contributed by atoms with Crippen LogP contribution in [0.5, 0.6) is 5.75 Å². The topological polar surface area (TPSA) is 127 Å². The number of aromatic nitrogens is 3. The summed E-state index contributed by atoms with van der Waals surface area (Å²) in [5.74, 6) is 0.783. The van der Waals surface area contributed by atoms with E-state index in [-0.39, 0.29) is 22.9 Å². The Hall–Kier alpha value is -2.80. The summed E-state index contributed by atoms with van der Waals surface area (Å²) in [7, 11) is 2.74. The quantitative estimate of drug-likeness (QED) is 0.364. The van der Waals surface area contributed by atoms with Gasteiger partial charge in [-0.05, 0) is 50.1 Å². The van der Waals surface area contributed by atoms with Crippen molar-refractivity contribution in [1.29, 1.82) is 5.41 Å². The number of nitrogens with one attached hydrogen (secondary N) is 1. The van der Waals surface area contributed by atoms with Gasteiger partial charge in [0.2, 0.25) is 0 Å². The fourth-order valence-electron chi connectivity index (χ4n) is 3.34. The number of pyridine rings is 1. The van der Waals surface area contributed by atoms with Gasteiger partial charge in [0.05, 0.1) is 22.0 Å². The molecule has 1 atom stereocenters. The maximum atomic E-state index is 8.33. The minimum atomic E-state index is 0.0920. The van der Waals surface area contributed by atoms with Crippen LogP contribution >= 0.6 is 21.0 Å². The highest BCUT2D eigenvalue weighted by Crippen LogP contribution is 2.28. The van der Waals surface area contributed by atoms with E-state index in [0.717, 1.165) is 11.4 Å². The molecule has 4 rings (SSSR count). The van der Waals surface area contributed by atoms with E-state index < -0.39 is 0 Å². The molecule has 3 aromatic rings. The highest BCUT2D eigenvalue weighted by Gasteiger charge is 2.16. The second-order valence-electron chi connectivity index (χ2n) is 7.69. The standard InChI is InChI=1S/C18H17ClN6O.C5H12NP/c1-10-3-2-4-12(25-10)8-26-14-6-5-11(7-13(14)19)16(20)15-17(21)23-9-24-18(15)22;7-6-4-2-1-3-5-6/h2-7,9,20H,8H2,1H3,(H4,21,22,23,24);1-5,7H2. The molecule has 1 aromatic carbocycles. The molecule has 0 amide bonds. The largest absolute Gasteiger partial charge is 0.486 e. The summed E-state index contributed by atoms with van der Waals surface area (Å²) < 4.78 is 8.04. The van der Waals surface area contributed by atoms with Crippen molar-refractivity contribution in [2.75, 3.05) is 24.6 Å². The lowest BCUT2D eigenvalue weighted by Gasteiger charge is -2.20. The summed E-state index contributed by atoms with van der Waals surface area (Å²) >= 11 is 6.30. The van der Waals surface area contributed by atoms with Crippen LogP contribution < -0.4 is 16.2 Å². The number of halogens is 1. The molecule has 2 aromatic heterocycles. The van der Waals surface area contributed by atoms with Crippen LogP contribution in [0.2, 0.25) is 5.02 Å². The average molecular weight is 486 g/mol. The first-order valence-corrected chi connectivity index (χ1v) is 11.5. The van der Waals surface area contributed by atoms with E-state index in [1.54, 1.807) is 18.2 Å². The third-order valence-corrected chi connectivity index (χ3v) is 5.90. The van der Waals surface area contributed by atoms with Crippen LogP contribution in [0, 0.1) is 12.3 Å². The molecule has 1 aliphatic heterocycles. The SMILES string of the molecule is Cc1cccc(COc2ccc(C(=N)c3c(N)ncnc3N)cc2Cl)n1.PN1CCCCC1. The number of benzene rings is 1. The molecular weight excluding hydrogens is 457 g/mol. The van der Waals surface area contributed by atoms with Gasteiger partial charge in [-0.3, -0.25) is 15.1 Å². The van der Waals surface area contributed by atoms with Gasteiger partial charge >= 0.3 is 0 Å². The number of piperidine rings is 1. The predicted octanol–water partition coefficient (Wildman–Crippen LogP) is 4.26. The van der Waals surface area contributed by atoms with Crippen LogP contribution in [0.3, 0.4) is 0 Å². The van der Waals surface area contributed by atoms with Gasteiger partial charge in [0.15, 0.2) is 0 Å². The minimum absolute atomic E-state index is 0.0920. The lowest BCUT2D eigenvalue weighted by atomic mass is 10.0. The molecule has 0 radical (unpaired) electrons. The Labute approximate surface area is 201 Å².